The molecule has 0 saturated carbocycles. The molecule has 0 aliphatic heterocycles. The Balaban J connectivity index is 2.99. The van der Waals surface area contributed by atoms with Crippen LogP contribution in [0, 0.1) is 11.7 Å². The van der Waals surface area contributed by atoms with E-state index in [4.69, 9.17) is 11.6 Å². The van der Waals surface area contributed by atoms with Crippen LogP contribution in [-0.4, -0.2) is 10.7 Å². The van der Waals surface area contributed by atoms with E-state index >= 15 is 0 Å². The van der Waals surface area contributed by atoms with Crippen molar-refractivity contribution in [3.05, 3.63) is 34.6 Å². The van der Waals surface area contributed by atoms with Crippen molar-refractivity contribution in [1.82, 2.24) is 0 Å². The van der Waals surface area contributed by atoms with E-state index in [-0.39, 0.29) is 10.9 Å². The predicted molar refractivity (Wildman–Crippen MR) is 65.2 cm³/mol. The second-order valence-electron chi connectivity index (χ2n) is 4.50. The van der Waals surface area contributed by atoms with Gasteiger partial charge in [-0.1, -0.05) is 44.5 Å². The minimum Gasteiger partial charge on any atom is -0.389 e. The summed E-state index contributed by atoms with van der Waals surface area (Å²) < 4.78 is 13.7. The first kappa shape index (κ1) is 13.5. The lowest BCUT2D eigenvalue weighted by atomic mass is 9.82. The molecule has 3 heteroatoms. The van der Waals surface area contributed by atoms with Crippen LogP contribution in [0.4, 0.5) is 4.39 Å². The van der Waals surface area contributed by atoms with E-state index < -0.39 is 11.4 Å². The van der Waals surface area contributed by atoms with Gasteiger partial charge in [0.05, 0.1) is 10.6 Å². The maximum atomic E-state index is 13.7. The van der Waals surface area contributed by atoms with E-state index in [1.54, 1.807) is 12.1 Å². The Morgan fingerprint density at radius 3 is 2.56 bits per heavy atom. The molecule has 0 aliphatic carbocycles. The molecule has 0 saturated heterocycles. The molecule has 0 amide bonds. The fourth-order valence-electron chi connectivity index (χ4n) is 1.75. The second-order valence-corrected chi connectivity index (χ2v) is 4.91. The Morgan fingerprint density at radius 1 is 1.44 bits per heavy atom. The van der Waals surface area contributed by atoms with Gasteiger partial charge < -0.3 is 5.11 Å². The lowest BCUT2D eigenvalue weighted by Gasteiger charge is -2.31. The molecule has 0 fully saturated rings. The predicted octanol–water partition coefficient (Wildman–Crippen LogP) is 3.82. The molecule has 1 nitrogen and oxygen atoms in total. The molecule has 0 radical (unpaired) electrons. The first-order valence-corrected chi connectivity index (χ1v) is 5.93. The van der Waals surface area contributed by atoms with Crippen molar-refractivity contribution in [3.63, 3.8) is 0 Å². The van der Waals surface area contributed by atoms with E-state index in [2.05, 4.69) is 0 Å². The molecule has 1 atom stereocenters. The second kappa shape index (κ2) is 5.15. The van der Waals surface area contributed by atoms with Gasteiger partial charge in [-0.3, -0.25) is 0 Å². The van der Waals surface area contributed by atoms with Crippen molar-refractivity contribution < 1.29 is 9.50 Å². The Labute approximate surface area is 101 Å². The van der Waals surface area contributed by atoms with E-state index in [0.29, 0.717) is 18.4 Å². The molecule has 1 rings (SSSR count). The first-order chi connectivity index (χ1) is 7.40. The molecule has 1 unspecified atom stereocenters. The van der Waals surface area contributed by atoms with Crippen molar-refractivity contribution in [2.75, 3.05) is 0 Å². The van der Waals surface area contributed by atoms with Crippen LogP contribution in [-0.2, 0) is 6.42 Å². The van der Waals surface area contributed by atoms with Crippen molar-refractivity contribution >= 4 is 11.6 Å². The number of halogens is 2. The SMILES string of the molecule is CCC(O)(Cc1cccc(Cl)c1F)C(C)C. The van der Waals surface area contributed by atoms with E-state index in [1.165, 1.54) is 6.07 Å². The van der Waals surface area contributed by atoms with Crippen molar-refractivity contribution in [2.45, 2.75) is 39.2 Å². The van der Waals surface area contributed by atoms with Gasteiger partial charge in [-0.05, 0) is 24.0 Å². The highest BCUT2D eigenvalue weighted by molar-refractivity contribution is 6.30. The number of rotatable bonds is 4. The topological polar surface area (TPSA) is 20.2 Å². The monoisotopic (exact) mass is 244 g/mol. The highest BCUT2D eigenvalue weighted by atomic mass is 35.5. The van der Waals surface area contributed by atoms with Crippen LogP contribution in [0.5, 0.6) is 0 Å². The average Bonchev–Trinajstić information content (AvgIpc) is 2.24. The quantitative estimate of drug-likeness (QED) is 0.854. The van der Waals surface area contributed by atoms with Gasteiger partial charge in [-0.2, -0.15) is 0 Å². The van der Waals surface area contributed by atoms with Gasteiger partial charge in [0.1, 0.15) is 5.82 Å². The van der Waals surface area contributed by atoms with E-state index in [1.807, 2.05) is 20.8 Å². The molecule has 0 aromatic heterocycles. The van der Waals surface area contributed by atoms with Crippen LogP contribution < -0.4 is 0 Å². The summed E-state index contributed by atoms with van der Waals surface area (Å²) in [6.07, 6.45) is 0.893. The van der Waals surface area contributed by atoms with Gasteiger partial charge >= 0.3 is 0 Å². The third kappa shape index (κ3) is 2.74. The molecule has 1 aromatic carbocycles. The summed E-state index contributed by atoms with van der Waals surface area (Å²) in [7, 11) is 0. The molecule has 0 heterocycles. The smallest absolute Gasteiger partial charge is 0.145 e. The fourth-order valence-corrected chi connectivity index (χ4v) is 1.95. The van der Waals surface area contributed by atoms with E-state index in [0.717, 1.165) is 0 Å². The first-order valence-electron chi connectivity index (χ1n) is 5.56. The number of benzene rings is 1. The standard InChI is InChI=1S/C13H18ClFO/c1-4-13(16,9(2)3)8-10-6-5-7-11(14)12(10)15/h5-7,9,16H,4,8H2,1-3H3. The van der Waals surface area contributed by atoms with Crippen LogP contribution >= 0.6 is 11.6 Å². The molecule has 0 aliphatic rings. The molecule has 1 aromatic rings. The minimum absolute atomic E-state index is 0.0795. The normalized spacial score (nSPS) is 15.2. The molecule has 0 bridgehead atoms. The summed E-state index contributed by atoms with van der Waals surface area (Å²) >= 11 is 5.71. The highest BCUT2D eigenvalue weighted by Gasteiger charge is 2.30. The van der Waals surface area contributed by atoms with Crippen molar-refractivity contribution in [1.29, 1.82) is 0 Å². The van der Waals surface area contributed by atoms with Crippen LogP contribution in [0.15, 0.2) is 18.2 Å². The van der Waals surface area contributed by atoms with Gasteiger partial charge in [0.15, 0.2) is 0 Å². The molecule has 90 valence electrons. The van der Waals surface area contributed by atoms with Gasteiger partial charge in [-0.25, -0.2) is 4.39 Å². The zero-order chi connectivity index (χ0) is 12.3. The van der Waals surface area contributed by atoms with Crippen LogP contribution in [0.3, 0.4) is 0 Å². The summed E-state index contributed by atoms with van der Waals surface area (Å²) in [6, 6.07) is 4.89. The number of aliphatic hydroxyl groups is 1. The summed E-state index contributed by atoms with van der Waals surface area (Å²) in [4.78, 5) is 0. The third-order valence-electron chi connectivity index (χ3n) is 3.22. The van der Waals surface area contributed by atoms with Gasteiger partial charge in [0.25, 0.3) is 0 Å². The largest absolute Gasteiger partial charge is 0.389 e. The Kier molecular flexibility index (Phi) is 4.34. The lowest BCUT2D eigenvalue weighted by Crippen LogP contribution is -2.37. The lowest BCUT2D eigenvalue weighted by molar-refractivity contribution is -0.00895. The Bertz CT molecular complexity index is 365. The number of hydrogen-bond acceptors (Lipinski definition) is 1. The molecular formula is C13H18ClFO. The Morgan fingerprint density at radius 2 is 2.06 bits per heavy atom. The maximum Gasteiger partial charge on any atom is 0.145 e. The summed E-state index contributed by atoms with van der Waals surface area (Å²) in [5.41, 5.74) is -0.392. The number of hydrogen-bond donors (Lipinski definition) is 1. The summed E-state index contributed by atoms with van der Waals surface area (Å²) in [6.45, 7) is 5.78. The van der Waals surface area contributed by atoms with Crippen molar-refractivity contribution in [2.24, 2.45) is 5.92 Å². The maximum absolute atomic E-state index is 13.7. The van der Waals surface area contributed by atoms with Crippen molar-refractivity contribution in [3.8, 4) is 0 Å². The molecular weight excluding hydrogens is 227 g/mol. The molecule has 1 N–H and O–H groups in total. The molecule has 0 spiro atoms. The van der Waals surface area contributed by atoms with E-state index in [9.17, 15) is 9.50 Å². The zero-order valence-corrected chi connectivity index (χ0v) is 10.7. The summed E-state index contributed by atoms with van der Waals surface area (Å²) in [5, 5.41) is 10.5. The average molecular weight is 245 g/mol. The van der Waals surface area contributed by atoms with Gasteiger partial charge in [0, 0.05) is 6.42 Å². The van der Waals surface area contributed by atoms with Crippen LogP contribution in [0.2, 0.25) is 5.02 Å². The highest BCUT2D eigenvalue weighted by Crippen LogP contribution is 2.28. The Hall–Kier alpha value is -0.600. The van der Waals surface area contributed by atoms with Gasteiger partial charge in [-0.15, -0.1) is 0 Å². The van der Waals surface area contributed by atoms with Gasteiger partial charge in [0.2, 0.25) is 0 Å². The zero-order valence-electron chi connectivity index (χ0n) is 9.93. The fraction of sp³-hybridized carbons (Fsp3) is 0.538. The molecule has 16 heavy (non-hydrogen) atoms. The van der Waals surface area contributed by atoms with Crippen LogP contribution in [0.25, 0.3) is 0 Å². The summed E-state index contributed by atoms with van der Waals surface area (Å²) in [5.74, 6) is -0.340. The minimum atomic E-state index is -0.870. The van der Waals surface area contributed by atoms with Crippen LogP contribution in [0.1, 0.15) is 32.8 Å². The third-order valence-corrected chi connectivity index (χ3v) is 3.51.